The first-order valence-electron chi connectivity index (χ1n) is 11.2. The lowest BCUT2D eigenvalue weighted by atomic mass is 10.1. The third kappa shape index (κ3) is 6.53. The minimum Gasteiger partial charge on any atom is -0.490 e. The first-order chi connectivity index (χ1) is 15.4. The van der Waals surface area contributed by atoms with Crippen molar-refractivity contribution in [1.29, 1.82) is 0 Å². The second-order valence-electron chi connectivity index (χ2n) is 8.35. The summed E-state index contributed by atoms with van der Waals surface area (Å²) in [5, 5.41) is 0.703. The lowest BCUT2D eigenvalue weighted by Crippen LogP contribution is -2.37. The Bertz CT molecular complexity index is 874. The largest absolute Gasteiger partial charge is 0.490 e. The molecule has 0 N–H and O–H groups in total. The monoisotopic (exact) mass is 478 g/mol. The van der Waals surface area contributed by atoms with Crippen molar-refractivity contribution in [2.45, 2.75) is 45.3 Å². The van der Waals surface area contributed by atoms with E-state index in [-0.39, 0.29) is 12.0 Å². The molecule has 1 heterocycles. The Morgan fingerprint density at radius 2 is 1.84 bits per heavy atom. The first-order valence-corrected chi connectivity index (χ1v) is 11.9. The van der Waals surface area contributed by atoms with Gasteiger partial charge >= 0.3 is 0 Å². The highest BCUT2D eigenvalue weighted by atomic mass is 35.5. The van der Waals surface area contributed by atoms with Crippen molar-refractivity contribution < 1.29 is 14.3 Å². The van der Waals surface area contributed by atoms with Crippen LogP contribution in [0.3, 0.4) is 0 Å². The van der Waals surface area contributed by atoms with Crippen LogP contribution in [0, 0.1) is 0 Å². The van der Waals surface area contributed by atoms with Gasteiger partial charge in [-0.15, -0.1) is 0 Å². The molecule has 7 heteroatoms. The van der Waals surface area contributed by atoms with Gasteiger partial charge in [-0.2, -0.15) is 0 Å². The van der Waals surface area contributed by atoms with Crippen LogP contribution in [0.1, 0.15) is 48.5 Å². The number of ether oxygens (including phenoxy) is 2. The molecule has 1 fully saturated rings. The van der Waals surface area contributed by atoms with Gasteiger partial charge in [-0.3, -0.25) is 4.79 Å². The lowest BCUT2D eigenvalue weighted by molar-refractivity contribution is 0.0507. The number of amides is 1. The Labute approximate surface area is 201 Å². The summed E-state index contributed by atoms with van der Waals surface area (Å²) in [5.74, 6) is 0.310. The molecule has 0 bridgehead atoms. The second kappa shape index (κ2) is 11.8. The van der Waals surface area contributed by atoms with E-state index in [1.54, 1.807) is 12.1 Å². The fourth-order valence-electron chi connectivity index (χ4n) is 3.70. The van der Waals surface area contributed by atoms with E-state index in [2.05, 4.69) is 31.2 Å². The molecule has 0 spiro atoms. The van der Waals surface area contributed by atoms with Crippen molar-refractivity contribution in [3.63, 3.8) is 0 Å². The number of anilines is 1. The summed E-state index contributed by atoms with van der Waals surface area (Å²) >= 11 is 12.9. The molecule has 2 aromatic rings. The Morgan fingerprint density at radius 1 is 1.16 bits per heavy atom. The van der Waals surface area contributed by atoms with Crippen molar-refractivity contribution in [3.05, 3.63) is 57.6 Å². The van der Waals surface area contributed by atoms with Crippen LogP contribution in [0.15, 0.2) is 36.4 Å². The Balaban J connectivity index is 1.81. The Morgan fingerprint density at radius 3 is 2.41 bits per heavy atom. The molecule has 2 aromatic carbocycles. The third-order valence-corrected chi connectivity index (χ3v) is 6.11. The number of rotatable bonds is 10. The minimum absolute atomic E-state index is 0.0441. The average Bonchev–Trinajstić information content (AvgIpc) is 3.28. The quantitative estimate of drug-likeness (QED) is 0.389. The molecule has 1 atom stereocenters. The Kier molecular flexibility index (Phi) is 9.09. The van der Waals surface area contributed by atoms with Gasteiger partial charge in [0.2, 0.25) is 0 Å². The highest BCUT2D eigenvalue weighted by Gasteiger charge is 2.25. The molecule has 174 valence electrons. The molecular weight excluding hydrogens is 447 g/mol. The maximum atomic E-state index is 13.5. The maximum Gasteiger partial charge on any atom is 0.254 e. The smallest absolute Gasteiger partial charge is 0.254 e. The number of carbonyl (C=O) groups is 1. The molecule has 1 aliphatic heterocycles. The fourth-order valence-corrected chi connectivity index (χ4v) is 4.29. The standard InChI is InChI=1S/C25H32Cl2N2O3/c1-4-5-12-32-24-22(26)14-19(15-23(24)27)25(30)29(17-21-7-6-13-31-21)16-18-8-10-20(11-9-18)28(2)3/h8-11,14-15,21H,4-7,12-13,16-17H2,1-3H3. The second-order valence-corrected chi connectivity index (χ2v) is 9.17. The van der Waals surface area contributed by atoms with E-state index in [0.29, 0.717) is 41.1 Å². The third-order valence-electron chi connectivity index (χ3n) is 5.55. The van der Waals surface area contributed by atoms with E-state index in [4.69, 9.17) is 32.7 Å². The summed E-state index contributed by atoms with van der Waals surface area (Å²) in [6, 6.07) is 11.5. The van der Waals surface area contributed by atoms with Gasteiger partial charge in [0.15, 0.2) is 5.75 Å². The van der Waals surface area contributed by atoms with Gasteiger partial charge in [0.25, 0.3) is 5.91 Å². The van der Waals surface area contributed by atoms with Crippen molar-refractivity contribution in [1.82, 2.24) is 4.90 Å². The van der Waals surface area contributed by atoms with Gasteiger partial charge in [0.1, 0.15) is 0 Å². The molecule has 1 amide bonds. The number of unbranched alkanes of at least 4 members (excludes halogenated alkanes) is 1. The average molecular weight is 479 g/mol. The zero-order valence-corrected chi connectivity index (χ0v) is 20.6. The topological polar surface area (TPSA) is 42.0 Å². The number of hydrogen-bond acceptors (Lipinski definition) is 4. The molecule has 0 aromatic heterocycles. The van der Waals surface area contributed by atoms with E-state index >= 15 is 0 Å². The molecule has 5 nitrogen and oxygen atoms in total. The van der Waals surface area contributed by atoms with Crippen molar-refractivity contribution in [2.75, 3.05) is 38.8 Å². The van der Waals surface area contributed by atoms with Crippen LogP contribution in [0.2, 0.25) is 10.0 Å². The van der Waals surface area contributed by atoms with Crippen LogP contribution >= 0.6 is 23.2 Å². The molecule has 0 radical (unpaired) electrons. The molecule has 3 rings (SSSR count). The van der Waals surface area contributed by atoms with E-state index in [1.165, 1.54) is 0 Å². The number of nitrogens with zero attached hydrogens (tertiary/aromatic N) is 2. The zero-order valence-electron chi connectivity index (χ0n) is 19.1. The summed E-state index contributed by atoms with van der Waals surface area (Å²) in [4.78, 5) is 17.4. The zero-order chi connectivity index (χ0) is 23.1. The van der Waals surface area contributed by atoms with Crippen LogP contribution in [0.5, 0.6) is 5.75 Å². The molecule has 1 unspecified atom stereocenters. The molecule has 0 saturated carbocycles. The van der Waals surface area contributed by atoms with Crippen LogP contribution in [-0.4, -0.2) is 50.8 Å². The first kappa shape index (κ1) is 24.7. The summed E-state index contributed by atoms with van der Waals surface area (Å²) < 4.78 is 11.5. The fraction of sp³-hybridized carbons (Fsp3) is 0.480. The SMILES string of the molecule is CCCCOc1c(Cl)cc(C(=O)N(Cc2ccc(N(C)C)cc2)CC2CCCO2)cc1Cl. The van der Waals surface area contributed by atoms with E-state index in [9.17, 15) is 4.79 Å². The summed E-state index contributed by atoms with van der Waals surface area (Å²) in [6.07, 6.45) is 3.94. The minimum atomic E-state index is -0.124. The van der Waals surface area contributed by atoms with Gasteiger partial charge in [-0.25, -0.2) is 0 Å². The Hall–Kier alpha value is -1.95. The van der Waals surface area contributed by atoms with Gasteiger partial charge in [-0.05, 0) is 49.1 Å². The van der Waals surface area contributed by atoms with Gasteiger partial charge < -0.3 is 19.3 Å². The molecule has 1 saturated heterocycles. The summed E-state index contributed by atoms with van der Waals surface area (Å²) in [5.41, 5.74) is 2.62. The molecule has 32 heavy (non-hydrogen) atoms. The maximum absolute atomic E-state index is 13.5. The van der Waals surface area contributed by atoms with E-state index in [1.807, 2.05) is 23.9 Å². The predicted molar refractivity (Wildman–Crippen MR) is 131 cm³/mol. The number of halogens is 2. The van der Waals surface area contributed by atoms with Crippen molar-refractivity contribution in [2.24, 2.45) is 0 Å². The van der Waals surface area contributed by atoms with Gasteiger partial charge in [0, 0.05) is 45.0 Å². The highest BCUT2D eigenvalue weighted by Crippen LogP contribution is 2.35. The van der Waals surface area contributed by atoms with Gasteiger partial charge in [0.05, 0.1) is 22.8 Å². The van der Waals surface area contributed by atoms with Crippen LogP contribution in [-0.2, 0) is 11.3 Å². The van der Waals surface area contributed by atoms with Crippen molar-refractivity contribution in [3.8, 4) is 5.75 Å². The number of benzene rings is 2. The van der Waals surface area contributed by atoms with Crippen molar-refractivity contribution >= 4 is 34.8 Å². The molecular formula is C25H32Cl2N2O3. The normalized spacial score (nSPS) is 15.6. The van der Waals surface area contributed by atoms with Crippen LogP contribution < -0.4 is 9.64 Å². The van der Waals surface area contributed by atoms with E-state index in [0.717, 1.165) is 43.5 Å². The van der Waals surface area contributed by atoms with E-state index < -0.39 is 0 Å². The van der Waals surface area contributed by atoms with Gasteiger partial charge in [-0.1, -0.05) is 48.7 Å². The van der Waals surface area contributed by atoms with Crippen LogP contribution in [0.4, 0.5) is 5.69 Å². The number of carbonyl (C=O) groups excluding carboxylic acids is 1. The summed E-state index contributed by atoms with van der Waals surface area (Å²) in [7, 11) is 4.01. The molecule has 1 aliphatic rings. The summed E-state index contributed by atoms with van der Waals surface area (Å²) in [6.45, 7) is 4.38. The predicted octanol–water partition coefficient (Wildman–Crippen LogP) is 6.06. The lowest BCUT2D eigenvalue weighted by Gasteiger charge is -2.26. The number of hydrogen-bond donors (Lipinski definition) is 0. The highest BCUT2D eigenvalue weighted by molar-refractivity contribution is 6.37. The molecule has 0 aliphatic carbocycles. The van der Waals surface area contributed by atoms with Crippen LogP contribution in [0.25, 0.3) is 0 Å².